The van der Waals surface area contributed by atoms with E-state index in [-0.39, 0.29) is 0 Å². The molecule has 5 nitrogen and oxygen atoms in total. The van der Waals surface area contributed by atoms with E-state index in [9.17, 15) is 5.11 Å². The van der Waals surface area contributed by atoms with Crippen LogP contribution in [0.15, 0.2) is 48.5 Å². The van der Waals surface area contributed by atoms with E-state index < -0.39 is 6.10 Å². The van der Waals surface area contributed by atoms with Gasteiger partial charge in [-0.2, -0.15) is 0 Å². The van der Waals surface area contributed by atoms with Gasteiger partial charge in [0.25, 0.3) is 0 Å². The molecule has 0 amide bonds. The molecule has 1 aliphatic heterocycles. The molecule has 0 radical (unpaired) electrons. The van der Waals surface area contributed by atoms with Crippen LogP contribution >= 0.6 is 0 Å². The minimum atomic E-state index is -0.498. The summed E-state index contributed by atoms with van der Waals surface area (Å²) in [6.45, 7) is 6.96. The largest absolute Gasteiger partial charge is 0.497 e. The average Bonchev–Trinajstić information content (AvgIpc) is 2.68. The predicted molar refractivity (Wildman–Crippen MR) is 104 cm³/mol. The van der Waals surface area contributed by atoms with Gasteiger partial charge in [0.2, 0.25) is 0 Å². The number of anilines is 1. The Morgan fingerprint density at radius 3 is 2.27 bits per heavy atom. The first kappa shape index (κ1) is 18.5. The molecule has 1 saturated heterocycles. The number of benzene rings is 2. The fraction of sp³-hybridized carbons (Fsp3) is 0.429. The number of aliphatic hydroxyl groups excluding tert-OH is 1. The normalized spacial score (nSPS) is 16.3. The Kier molecular flexibility index (Phi) is 6.36. The Hall–Kier alpha value is -2.24. The number of rotatable bonds is 7. The van der Waals surface area contributed by atoms with Crippen LogP contribution in [0.4, 0.5) is 5.69 Å². The van der Waals surface area contributed by atoms with Gasteiger partial charge < -0.3 is 19.5 Å². The number of hydrogen-bond acceptors (Lipinski definition) is 5. The molecule has 1 fully saturated rings. The van der Waals surface area contributed by atoms with Crippen LogP contribution in [0.2, 0.25) is 0 Å². The highest BCUT2D eigenvalue weighted by Crippen LogP contribution is 2.21. The van der Waals surface area contributed by atoms with Crippen molar-refractivity contribution in [2.75, 3.05) is 51.3 Å². The topological polar surface area (TPSA) is 45.2 Å². The molecule has 0 saturated carbocycles. The third-order valence-corrected chi connectivity index (χ3v) is 4.80. The maximum atomic E-state index is 10.3. The lowest BCUT2D eigenvalue weighted by Gasteiger charge is -2.37. The zero-order chi connectivity index (χ0) is 18.4. The minimum Gasteiger partial charge on any atom is -0.497 e. The summed E-state index contributed by atoms with van der Waals surface area (Å²) < 4.78 is 10.8. The number of methoxy groups -OCH3 is 1. The minimum absolute atomic E-state index is 0.296. The van der Waals surface area contributed by atoms with Gasteiger partial charge in [0.1, 0.15) is 24.2 Å². The zero-order valence-corrected chi connectivity index (χ0v) is 15.6. The van der Waals surface area contributed by atoms with Gasteiger partial charge in [0.05, 0.1) is 7.11 Å². The lowest BCUT2D eigenvalue weighted by Crippen LogP contribution is -2.49. The highest BCUT2D eigenvalue weighted by molar-refractivity contribution is 5.53. The van der Waals surface area contributed by atoms with Gasteiger partial charge in [-0.3, -0.25) is 4.90 Å². The van der Waals surface area contributed by atoms with E-state index in [0.29, 0.717) is 13.2 Å². The number of ether oxygens (including phenoxy) is 2. The first-order chi connectivity index (χ1) is 12.7. The fourth-order valence-corrected chi connectivity index (χ4v) is 3.30. The third-order valence-electron chi connectivity index (χ3n) is 4.80. The number of aliphatic hydroxyl groups is 1. The monoisotopic (exact) mass is 356 g/mol. The third kappa shape index (κ3) is 4.90. The number of piperazine rings is 1. The smallest absolute Gasteiger partial charge is 0.119 e. The van der Waals surface area contributed by atoms with Crippen molar-refractivity contribution in [2.45, 2.75) is 13.0 Å². The van der Waals surface area contributed by atoms with Crippen LogP contribution in [0.3, 0.4) is 0 Å². The standard InChI is InChI=1S/C21H28N2O3/c1-17-5-3-4-6-21(17)23-13-11-22(12-14-23)15-18(24)16-26-20-9-7-19(25-2)8-10-20/h3-10,18,24H,11-16H2,1-2H3/t18-/m0/s1. The van der Waals surface area contributed by atoms with Gasteiger partial charge in [-0.15, -0.1) is 0 Å². The van der Waals surface area contributed by atoms with Crippen molar-refractivity contribution in [1.29, 1.82) is 0 Å². The molecule has 2 aromatic rings. The van der Waals surface area contributed by atoms with Crippen LogP contribution in [-0.4, -0.2) is 62.6 Å². The first-order valence-corrected chi connectivity index (χ1v) is 9.13. The molecule has 26 heavy (non-hydrogen) atoms. The molecule has 0 spiro atoms. The predicted octanol–water partition coefficient (Wildman–Crippen LogP) is 2.57. The molecule has 1 aliphatic rings. The van der Waals surface area contributed by atoms with Crippen molar-refractivity contribution in [3.05, 3.63) is 54.1 Å². The molecule has 1 N–H and O–H groups in total. The van der Waals surface area contributed by atoms with Crippen LogP contribution in [0.25, 0.3) is 0 Å². The van der Waals surface area contributed by atoms with Gasteiger partial charge in [0, 0.05) is 38.4 Å². The average molecular weight is 356 g/mol. The maximum absolute atomic E-state index is 10.3. The van der Waals surface area contributed by atoms with E-state index in [1.165, 1.54) is 11.3 Å². The van der Waals surface area contributed by atoms with Gasteiger partial charge in [-0.1, -0.05) is 18.2 Å². The van der Waals surface area contributed by atoms with Crippen molar-refractivity contribution in [3.8, 4) is 11.5 Å². The van der Waals surface area contributed by atoms with E-state index in [1.54, 1.807) is 7.11 Å². The Morgan fingerprint density at radius 1 is 0.962 bits per heavy atom. The Morgan fingerprint density at radius 2 is 1.62 bits per heavy atom. The molecule has 1 atom stereocenters. The molecule has 3 rings (SSSR count). The summed E-state index contributed by atoms with van der Waals surface area (Å²) in [4.78, 5) is 4.73. The Labute approximate surface area is 155 Å². The molecule has 0 bridgehead atoms. The van der Waals surface area contributed by atoms with E-state index in [2.05, 4.69) is 41.0 Å². The van der Waals surface area contributed by atoms with Crippen LogP contribution in [0, 0.1) is 6.92 Å². The Bertz CT molecular complexity index is 682. The summed E-state index contributed by atoms with van der Waals surface area (Å²) in [6.07, 6.45) is -0.498. The van der Waals surface area contributed by atoms with E-state index in [4.69, 9.17) is 9.47 Å². The highest BCUT2D eigenvalue weighted by atomic mass is 16.5. The quantitative estimate of drug-likeness (QED) is 0.826. The maximum Gasteiger partial charge on any atom is 0.119 e. The molecule has 0 aromatic heterocycles. The van der Waals surface area contributed by atoms with Crippen LogP contribution in [0.1, 0.15) is 5.56 Å². The SMILES string of the molecule is COc1ccc(OC[C@@H](O)CN2CCN(c3ccccc3C)CC2)cc1. The molecule has 0 aliphatic carbocycles. The number of para-hydroxylation sites is 1. The van der Waals surface area contributed by atoms with Crippen molar-refractivity contribution in [2.24, 2.45) is 0 Å². The first-order valence-electron chi connectivity index (χ1n) is 9.13. The van der Waals surface area contributed by atoms with Crippen molar-refractivity contribution >= 4 is 5.69 Å². The highest BCUT2D eigenvalue weighted by Gasteiger charge is 2.20. The molecule has 0 unspecified atom stereocenters. The molecular formula is C21H28N2O3. The van der Waals surface area contributed by atoms with Gasteiger partial charge in [0.15, 0.2) is 0 Å². The molecule has 2 aromatic carbocycles. The summed E-state index contributed by atoms with van der Waals surface area (Å²) in [5.74, 6) is 1.54. The molecule has 140 valence electrons. The van der Waals surface area contributed by atoms with E-state index >= 15 is 0 Å². The van der Waals surface area contributed by atoms with Crippen LogP contribution < -0.4 is 14.4 Å². The van der Waals surface area contributed by atoms with E-state index in [1.807, 2.05) is 24.3 Å². The molecule has 1 heterocycles. The van der Waals surface area contributed by atoms with Crippen molar-refractivity contribution in [1.82, 2.24) is 4.90 Å². The second-order valence-electron chi connectivity index (χ2n) is 6.71. The number of nitrogens with zero attached hydrogens (tertiary/aromatic N) is 2. The van der Waals surface area contributed by atoms with Gasteiger partial charge in [-0.25, -0.2) is 0 Å². The zero-order valence-electron chi connectivity index (χ0n) is 15.6. The van der Waals surface area contributed by atoms with Crippen LogP contribution in [-0.2, 0) is 0 Å². The lowest BCUT2D eigenvalue weighted by atomic mass is 10.1. The second kappa shape index (κ2) is 8.92. The molecule has 5 heteroatoms. The molecular weight excluding hydrogens is 328 g/mol. The summed E-state index contributed by atoms with van der Waals surface area (Å²) >= 11 is 0. The number of hydrogen-bond donors (Lipinski definition) is 1. The van der Waals surface area contributed by atoms with Crippen LogP contribution in [0.5, 0.6) is 11.5 Å². The Balaban J connectivity index is 1.41. The summed E-state index contributed by atoms with van der Waals surface area (Å²) in [6, 6.07) is 15.9. The fourth-order valence-electron chi connectivity index (χ4n) is 3.30. The van der Waals surface area contributed by atoms with Crippen molar-refractivity contribution in [3.63, 3.8) is 0 Å². The lowest BCUT2D eigenvalue weighted by molar-refractivity contribution is 0.0663. The summed E-state index contributed by atoms with van der Waals surface area (Å²) in [5.41, 5.74) is 2.63. The number of β-amino-alcohol motifs (C(OH)–C–C–N with tert-alkyl or cyclic N) is 1. The van der Waals surface area contributed by atoms with Gasteiger partial charge >= 0.3 is 0 Å². The van der Waals surface area contributed by atoms with Crippen molar-refractivity contribution < 1.29 is 14.6 Å². The summed E-state index contributed by atoms with van der Waals surface area (Å²) in [5, 5.41) is 10.3. The second-order valence-corrected chi connectivity index (χ2v) is 6.71. The number of aryl methyl sites for hydroxylation is 1. The van der Waals surface area contributed by atoms with E-state index in [0.717, 1.165) is 37.7 Å². The summed E-state index contributed by atoms with van der Waals surface area (Å²) in [7, 11) is 1.64. The van der Waals surface area contributed by atoms with Gasteiger partial charge in [-0.05, 0) is 42.8 Å².